The average molecular weight is 340 g/mol. The maximum absolute atomic E-state index is 12.7. The van der Waals surface area contributed by atoms with Gasteiger partial charge in [-0.3, -0.25) is 9.59 Å². The molecule has 2 amide bonds. The Kier molecular flexibility index (Phi) is 4.61. The molecule has 25 heavy (non-hydrogen) atoms. The number of carbonyl (C=O) groups is 2. The molecule has 0 saturated carbocycles. The van der Waals surface area contributed by atoms with Crippen molar-refractivity contribution in [3.63, 3.8) is 0 Å². The first-order chi connectivity index (χ1) is 11.8. The van der Waals surface area contributed by atoms with E-state index >= 15 is 0 Å². The van der Waals surface area contributed by atoms with Crippen molar-refractivity contribution in [3.05, 3.63) is 47.5 Å². The minimum Gasteiger partial charge on any atom is -0.345 e. The molecule has 0 aliphatic carbocycles. The minimum atomic E-state index is -0.357. The monoisotopic (exact) mass is 340 g/mol. The molecule has 132 valence electrons. The van der Waals surface area contributed by atoms with E-state index in [0.717, 1.165) is 25.0 Å². The summed E-state index contributed by atoms with van der Waals surface area (Å²) >= 11 is 0. The third-order valence-corrected chi connectivity index (χ3v) is 4.06. The Balaban J connectivity index is 1.92. The summed E-state index contributed by atoms with van der Waals surface area (Å²) in [7, 11) is 0. The molecule has 0 fully saturated rings. The molecule has 0 radical (unpaired) electrons. The molecular weight excluding hydrogens is 316 g/mol. The minimum absolute atomic E-state index is 0.241. The summed E-state index contributed by atoms with van der Waals surface area (Å²) in [5.74, 6) is -0.191. The second-order valence-corrected chi connectivity index (χ2v) is 7.36. The number of nitrogens with one attached hydrogen (secondary N) is 2. The average Bonchev–Trinajstić information content (AvgIpc) is 2.94. The highest BCUT2D eigenvalue weighted by atomic mass is 16.2. The molecule has 0 bridgehead atoms. The molecule has 6 heteroatoms. The van der Waals surface area contributed by atoms with Gasteiger partial charge in [-0.05, 0) is 52.2 Å². The second kappa shape index (κ2) is 6.70. The molecule has 2 heterocycles. The number of nitrogens with zero attached hydrogens (tertiary/aromatic N) is 2. The Hall–Kier alpha value is -2.63. The Labute approximate surface area is 147 Å². The van der Waals surface area contributed by atoms with Crippen LogP contribution in [-0.2, 0) is 13.0 Å². The van der Waals surface area contributed by atoms with Crippen molar-refractivity contribution in [1.82, 2.24) is 14.9 Å². The summed E-state index contributed by atoms with van der Waals surface area (Å²) in [6.07, 6.45) is 2.74. The predicted octanol–water partition coefficient (Wildman–Crippen LogP) is 3.00. The van der Waals surface area contributed by atoms with Gasteiger partial charge in [0.1, 0.15) is 0 Å². The molecule has 1 aliphatic heterocycles. The van der Waals surface area contributed by atoms with E-state index in [-0.39, 0.29) is 17.4 Å². The molecule has 1 aromatic heterocycles. The van der Waals surface area contributed by atoms with Gasteiger partial charge in [-0.15, -0.1) is 0 Å². The van der Waals surface area contributed by atoms with Crippen molar-refractivity contribution >= 4 is 17.5 Å². The number of aromatic nitrogens is 2. The lowest BCUT2D eigenvalue weighted by Gasteiger charge is -2.22. The summed E-state index contributed by atoms with van der Waals surface area (Å²) in [5.41, 5.74) is 1.55. The highest BCUT2D eigenvalue weighted by Crippen LogP contribution is 2.22. The van der Waals surface area contributed by atoms with Crippen LogP contribution in [0.15, 0.2) is 30.3 Å². The van der Waals surface area contributed by atoms with Gasteiger partial charge in [-0.1, -0.05) is 18.2 Å². The molecule has 2 aromatic rings. The summed E-state index contributed by atoms with van der Waals surface area (Å²) in [6, 6.07) is 9.27. The number of hydrogen-bond acceptors (Lipinski definition) is 3. The zero-order valence-corrected chi connectivity index (χ0v) is 14.9. The van der Waals surface area contributed by atoms with Gasteiger partial charge in [-0.25, -0.2) is 4.98 Å². The lowest BCUT2D eigenvalue weighted by Crippen LogP contribution is -2.42. The molecule has 0 atom stereocenters. The summed E-state index contributed by atoms with van der Waals surface area (Å²) in [4.78, 5) is 29.7. The van der Waals surface area contributed by atoms with E-state index in [1.165, 1.54) is 0 Å². The standard InChI is InChI=1S/C19H24N4O2/c1-19(2,3)22-18(25)16-21-15(14-11-7-8-12-23(14)16)17(24)20-13-9-5-4-6-10-13/h4-6,9-10H,7-8,11-12H2,1-3H3,(H,20,24)(H,22,25). The Morgan fingerprint density at radius 2 is 1.80 bits per heavy atom. The van der Waals surface area contributed by atoms with Gasteiger partial charge < -0.3 is 15.2 Å². The molecule has 2 N–H and O–H groups in total. The van der Waals surface area contributed by atoms with Crippen LogP contribution in [-0.4, -0.2) is 26.9 Å². The van der Waals surface area contributed by atoms with E-state index in [1.54, 1.807) is 0 Å². The number of imidazole rings is 1. The van der Waals surface area contributed by atoms with Crippen LogP contribution in [0.4, 0.5) is 5.69 Å². The van der Waals surface area contributed by atoms with Crippen molar-refractivity contribution in [2.24, 2.45) is 0 Å². The quantitative estimate of drug-likeness (QED) is 0.902. The third-order valence-electron chi connectivity index (χ3n) is 4.06. The van der Waals surface area contributed by atoms with Crippen LogP contribution in [0.1, 0.15) is 60.4 Å². The molecule has 3 rings (SSSR count). The van der Waals surface area contributed by atoms with Crippen LogP contribution >= 0.6 is 0 Å². The number of fused-ring (bicyclic) bond motifs is 1. The first-order valence-electron chi connectivity index (χ1n) is 8.63. The Bertz CT molecular complexity index is 788. The maximum atomic E-state index is 12.7. The van der Waals surface area contributed by atoms with Gasteiger partial charge in [0, 0.05) is 17.8 Å². The van der Waals surface area contributed by atoms with Crippen molar-refractivity contribution in [2.45, 2.75) is 52.1 Å². The third kappa shape index (κ3) is 3.90. The molecule has 1 aromatic carbocycles. The topological polar surface area (TPSA) is 76.0 Å². The number of amides is 2. The van der Waals surface area contributed by atoms with Crippen molar-refractivity contribution < 1.29 is 9.59 Å². The van der Waals surface area contributed by atoms with Crippen LogP contribution < -0.4 is 10.6 Å². The van der Waals surface area contributed by atoms with E-state index in [4.69, 9.17) is 0 Å². The number of hydrogen-bond donors (Lipinski definition) is 2. The largest absolute Gasteiger partial charge is 0.345 e. The molecule has 0 unspecified atom stereocenters. The smallest absolute Gasteiger partial charge is 0.287 e. The summed E-state index contributed by atoms with van der Waals surface area (Å²) in [6.45, 7) is 6.49. The van der Waals surface area contributed by atoms with Crippen molar-refractivity contribution in [2.75, 3.05) is 5.32 Å². The van der Waals surface area contributed by atoms with E-state index in [2.05, 4.69) is 15.6 Å². The zero-order chi connectivity index (χ0) is 18.0. The van der Waals surface area contributed by atoms with Gasteiger partial charge in [-0.2, -0.15) is 0 Å². The van der Waals surface area contributed by atoms with Gasteiger partial charge in [0.25, 0.3) is 11.8 Å². The SMILES string of the molecule is CC(C)(C)NC(=O)c1nc(C(=O)Nc2ccccc2)c2n1CCCC2. The maximum Gasteiger partial charge on any atom is 0.287 e. The second-order valence-electron chi connectivity index (χ2n) is 7.36. The first-order valence-corrected chi connectivity index (χ1v) is 8.63. The Morgan fingerprint density at radius 3 is 2.48 bits per heavy atom. The van der Waals surface area contributed by atoms with E-state index < -0.39 is 0 Å². The highest BCUT2D eigenvalue weighted by Gasteiger charge is 2.28. The number of carbonyl (C=O) groups excluding carboxylic acids is 2. The fourth-order valence-electron chi connectivity index (χ4n) is 3.01. The number of para-hydroxylation sites is 1. The molecular formula is C19H24N4O2. The van der Waals surface area contributed by atoms with Crippen LogP contribution in [0.3, 0.4) is 0 Å². The molecule has 0 spiro atoms. The summed E-state index contributed by atoms with van der Waals surface area (Å²) in [5, 5.41) is 5.80. The Morgan fingerprint density at radius 1 is 1.08 bits per heavy atom. The summed E-state index contributed by atoms with van der Waals surface area (Å²) < 4.78 is 1.89. The van der Waals surface area contributed by atoms with Gasteiger partial charge in [0.15, 0.2) is 11.5 Å². The molecule has 1 aliphatic rings. The predicted molar refractivity (Wildman–Crippen MR) is 96.8 cm³/mol. The van der Waals surface area contributed by atoms with E-state index in [9.17, 15) is 9.59 Å². The lowest BCUT2D eigenvalue weighted by molar-refractivity contribution is 0.0903. The highest BCUT2D eigenvalue weighted by molar-refractivity contribution is 6.05. The van der Waals surface area contributed by atoms with Crippen LogP contribution in [0.25, 0.3) is 0 Å². The molecule has 0 saturated heterocycles. The number of benzene rings is 1. The van der Waals surface area contributed by atoms with Gasteiger partial charge in [0.05, 0.1) is 5.69 Å². The van der Waals surface area contributed by atoms with Crippen LogP contribution in [0, 0.1) is 0 Å². The number of rotatable bonds is 3. The van der Waals surface area contributed by atoms with Crippen LogP contribution in [0.5, 0.6) is 0 Å². The lowest BCUT2D eigenvalue weighted by atomic mass is 10.1. The fraction of sp³-hybridized carbons (Fsp3) is 0.421. The van der Waals surface area contributed by atoms with Crippen molar-refractivity contribution in [3.8, 4) is 0 Å². The van der Waals surface area contributed by atoms with Crippen molar-refractivity contribution in [1.29, 1.82) is 0 Å². The zero-order valence-electron chi connectivity index (χ0n) is 14.9. The normalized spacial score (nSPS) is 13.9. The fourth-order valence-corrected chi connectivity index (χ4v) is 3.01. The number of anilines is 1. The van der Waals surface area contributed by atoms with E-state index in [0.29, 0.717) is 23.8 Å². The van der Waals surface area contributed by atoms with Gasteiger partial charge >= 0.3 is 0 Å². The van der Waals surface area contributed by atoms with Gasteiger partial charge in [0.2, 0.25) is 0 Å². The molecule has 6 nitrogen and oxygen atoms in total. The first kappa shape index (κ1) is 17.2. The van der Waals surface area contributed by atoms with Crippen LogP contribution in [0.2, 0.25) is 0 Å². The van der Waals surface area contributed by atoms with E-state index in [1.807, 2.05) is 55.7 Å².